The van der Waals surface area contributed by atoms with Crippen LogP contribution in [0.5, 0.6) is 5.75 Å². The van der Waals surface area contributed by atoms with E-state index in [1.807, 2.05) is 43.5 Å². The molecule has 5 aromatic rings. The van der Waals surface area contributed by atoms with Crippen LogP contribution in [0.3, 0.4) is 0 Å². The molecule has 3 aromatic carbocycles. The van der Waals surface area contributed by atoms with Crippen molar-refractivity contribution in [2.75, 3.05) is 25.5 Å². The van der Waals surface area contributed by atoms with Gasteiger partial charge in [-0.05, 0) is 147 Å². The second kappa shape index (κ2) is 18.2. The molecule has 0 radical (unpaired) electrons. The number of carbonyl (C=O) groups excluding carboxylic acids is 2. The number of hydrogen-bond acceptors (Lipinski definition) is 7. The van der Waals surface area contributed by atoms with Gasteiger partial charge in [0.1, 0.15) is 11.5 Å². The number of carbonyl (C=O) groups is 2. The van der Waals surface area contributed by atoms with Gasteiger partial charge in [-0.1, -0.05) is 48.4 Å². The van der Waals surface area contributed by atoms with Crippen molar-refractivity contribution in [1.29, 1.82) is 0 Å². The second-order valence-corrected chi connectivity index (χ2v) is 18.0. The molecule has 2 heterocycles. The highest BCUT2D eigenvalue weighted by Gasteiger charge is 2.57. The molecule has 2 amide bonds. The smallest absolute Gasteiger partial charge is 0.416 e. The minimum absolute atomic E-state index is 0.00136. The Balaban J connectivity index is 1.26. The van der Waals surface area contributed by atoms with Crippen molar-refractivity contribution in [1.82, 2.24) is 4.90 Å². The number of anilines is 1. The summed E-state index contributed by atoms with van der Waals surface area (Å²) in [6.45, 7) is 4.47. The quantitative estimate of drug-likeness (QED) is 0.0952. The van der Waals surface area contributed by atoms with Crippen molar-refractivity contribution in [3.8, 4) is 17.1 Å². The van der Waals surface area contributed by atoms with Crippen molar-refractivity contribution >= 4 is 40.4 Å². The highest BCUT2D eigenvalue weighted by atomic mass is 35.5. The maximum absolute atomic E-state index is 14.7. The van der Waals surface area contributed by atoms with Crippen LogP contribution in [-0.4, -0.2) is 58.8 Å². The molecule has 2 aromatic heterocycles. The molecule has 4 atom stereocenters. The Morgan fingerprint density at radius 3 is 2.54 bits per heavy atom. The Morgan fingerprint density at radius 2 is 1.82 bits per heavy atom. The van der Waals surface area contributed by atoms with Gasteiger partial charge in [-0.3, -0.25) is 4.79 Å². The molecule has 2 bridgehead atoms. The summed E-state index contributed by atoms with van der Waals surface area (Å²) in [5.41, 5.74) is 0.293. The van der Waals surface area contributed by atoms with Crippen molar-refractivity contribution < 1.29 is 42.1 Å². The van der Waals surface area contributed by atoms with Crippen LogP contribution in [0, 0.1) is 5.41 Å². The number of rotatable bonds is 10. The number of fused-ring (bicyclic) bond motifs is 8. The third kappa shape index (κ3) is 9.78. The molecule has 3 N–H and O–H groups in total. The lowest BCUT2D eigenvalue weighted by atomic mass is 9.64. The Kier molecular flexibility index (Phi) is 13.2. The van der Waals surface area contributed by atoms with Gasteiger partial charge < -0.3 is 29.6 Å². The number of nitrogens with one attached hydrogen (secondary N) is 1. The van der Waals surface area contributed by atoms with E-state index in [1.54, 1.807) is 53.7 Å². The number of aliphatic hydroxyl groups is 2. The number of nitrogens with zero attached hydrogens (tertiary/aromatic N) is 1. The fraction of sp³-hybridized carbons (Fsp3) is 0.375. The fourth-order valence-corrected chi connectivity index (χ4v) is 9.88. The van der Waals surface area contributed by atoms with Gasteiger partial charge in [-0.15, -0.1) is 11.3 Å². The fourth-order valence-electron chi connectivity index (χ4n) is 8.97. The van der Waals surface area contributed by atoms with Gasteiger partial charge in [0.25, 0.3) is 0 Å². The summed E-state index contributed by atoms with van der Waals surface area (Å²) in [5.74, 6) is -0.278. The molecule has 13 heteroatoms. The van der Waals surface area contributed by atoms with E-state index in [9.17, 15) is 33.0 Å². The summed E-state index contributed by atoms with van der Waals surface area (Å²) in [7, 11) is 1.57. The van der Waals surface area contributed by atoms with Crippen LogP contribution in [0.4, 0.5) is 23.7 Å². The van der Waals surface area contributed by atoms with E-state index in [2.05, 4.69) is 11.4 Å². The van der Waals surface area contributed by atoms with Crippen LogP contribution in [0.1, 0.15) is 96.0 Å². The first-order chi connectivity index (χ1) is 29.1. The summed E-state index contributed by atoms with van der Waals surface area (Å²) in [6, 6.07) is 22.1. The molecule has 61 heavy (non-hydrogen) atoms. The number of benzene rings is 3. The minimum Gasteiger partial charge on any atom is -0.497 e. The zero-order chi connectivity index (χ0) is 43.5. The number of methoxy groups -OCH3 is 1. The molecule has 0 aliphatic heterocycles. The van der Waals surface area contributed by atoms with Crippen LogP contribution in [0.15, 0.2) is 106 Å². The maximum Gasteiger partial charge on any atom is 0.416 e. The first kappa shape index (κ1) is 44.2. The third-order valence-electron chi connectivity index (χ3n) is 12.6. The van der Waals surface area contributed by atoms with Crippen molar-refractivity contribution in [2.24, 2.45) is 5.41 Å². The number of alkyl halides is 3. The minimum atomic E-state index is -4.61. The normalized spacial score (nSPS) is 22.0. The maximum atomic E-state index is 14.7. The van der Waals surface area contributed by atoms with Gasteiger partial charge in [-0.25, -0.2) is 4.79 Å². The first-order valence-corrected chi connectivity index (χ1v) is 21.8. The summed E-state index contributed by atoms with van der Waals surface area (Å²) >= 11 is 7.96. The number of ketones is 1. The van der Waals surface area contributed by atoms with E-state index in [0.717, 1.165) is 34.2 Å². The van der Waals surface area contributed by atoms with Gasteiger partial charge in [0.05, 0.1) is 35.9 Å². The number of allylic oxidation sites excluding steroid dienone is 2. The number of ether oxygens (including phenoxy) is 1. The van der Waals surface area contributed by atoms with Crippen LogP contribution in [0.2, 0.25) is 5.02 Å². The third-order valence-corrected chi connectivity index (χ3v) is 13.9. The summed E-state index contributed by atoms with van der Waals surface area (Å²) in [5, 5.41) is 29.2. The summed E-state index contributed by atoms with van der Waals surface area (Å²) in [6.07, 6.45) is 0.938. The predicted octanol–water partition coefficient (Wildman–Crippen LogP) is 11.7. The van der Waals surface area contributed by atoms with Crippen molar-refractivity contribution in [2.45, 2.75) is 89.0 Å². The molecule has 4 unspecified atom stereocenters. The molecule has 3 aliphatic carbocycles. The van der Waals surface area contributed by atoms with Gasteiger partial charge in [0.15, 0.2) is 5.76 Å². The number of aliphatic hydroxyl groups excluding tert-OH is 1. The zero-order valence-electron chi connectivity index (χ0n) is 34.4. The van der Waals surface area contributed by atoms with Crippen LogP contribution >= 0.6 is 22.9 Å². The van der Waals surface area contributed by atoms with Crippen LogP contribution in [-0.2, 0) is 19.0 Å². The molecule has 322 valence electrons. The zero-order valence-corrected chi connectivity index (χ0v) is 35.9. The first-order valence-electron chi connectivity index (χ1n) is 20.5. The molecular weight excluding hydrogens is 825 g/mol. The van der Waals surface area contributed by atoms with E-state index in [0.29, 0.717) is 80.5 Å². The molecule has 3 aliphatic rings. The van der Waals surface area contributed by atoms with Crippen LogP contribution in [0.25, 0.3) is 11.3 Å². The standard InChI is InChI=1S/C48H50ClF3N2O6S/c1-30-6-4-22-46(2)40(20-23-47(46,58)29-54(24-21-36-7-5-25-61-36)45(57)53-33-11-14-35(59-3)15-12-33)37-16-9-31(26-34(55)13-8-30)27-38(37)44(56)43-19-18-42(60-43)39-28-32(48(50,51)52)10-17-41(39)49/h5-7,9-12,14-19,25,27-28,34,40,55,58H,4,8,13,20-24,26,29H2,1-3H3,(H,53,57). The Hall–Kier alpha value is -4.88. The van der Waals surface area contributed by atoms with E-state index < -0.39 is 34.6 Å². The average molecular weight is 875 g/mol. The van der Waals surface area contributed by atoms with E-state index in [4.69, 9.17) is 20.8 Å². The van der Waals surface area contributed by atoms with Gasteiger partial charge >= 0.3 is 12.2 Å². The molecular formula is C48H50ClF3N2O6S. The van der Waals surface area contributed by atoms with E-state index in [-0.39, 0.29) is 40.6 Å². The number of halogens is 4. The Labute approximate surface area is 363 Å². The Bertz CT molecular complexity index is 2380. The Morgan fingerprint density at radius 1 is 1.03 bits per heavy atom. The van der Waals surface area contributed by atoms with E-state index in [1.165, 1.54) is 12.1 Å². The van der Waals surface area contributed by atoms with Crippen molar-refractivity contribution in [3.63, 3.8) is 0 Å². The number of thiophene rings is 1. The molecule has 8 nitrogen and oxygen atoms in total. The number of hydrogen-bond donors (Lipinski definition) is 3. The number of furan rings is 1. The molecule has 8 rings (SSSR count). The molecule has 1 fully saturated rings. The molecule has 1 saturated carbocycles. The average Bonchev–Trinajstić information content (AvgIpc) is 3.99. The van der Waals surface area contributed by atoms with Gasteiger partial charge in [0.2, 0.25) is 5.78 Å². The van der Waals surface area contributed by atoms with E-state index >= 15 is 0 Å². The SMILES string of the molecule is COc1ccc(NC(=O)N(CCc2cccs2)CC2(O)CCC3c4ccc(cc4C(=O)c4ccc(-c5cc(C(F)(F)F)ccc5Cl)o4)CC(O)CCC(C)=CCCC32C)cc1. The monoisotopic (exact) mass is 874 g/mol. The summed E-state index contributed by atoms with van der Waals surface area (Å²) in [4.78, 5) is 31.7. The highest BCUT2D eigenvalue weighted by Crippen LogP contribution is 2.59. The molecule has 0 spiro atoms. The number of urea groups is 1. The lowest BCUT2D eigenvalue weighted by Crippen LogP contribution is -2.54. The summed E-state index contributed by atoms with van der Waals surface area (Å²) < 4.78 is 52.3. The van der Waals surface area contributed by atoms with Gasteiger partial charge in [-0.2, -0.15) is 13.2 Å². The molecule has 0 saturated heterocycles. The van der Waals surface area contributed by atoms with Crippen molar-refractivity contribution in [3.05, 3.63) is 140 Å². The highest BCUT2D eigenvalue weighted by molar-refractivity contribution is 7.09. The predicted molar refractivity (Wildman–Crippen MR) is 233 cm³/mol. The topological polar surface area (TPSA) is 112 Å². The van der Waals surface area contributed by atoms with Crippen LogP contribution < -0.4 is 10.1 Å². The number of amides is 2. The van der Waals surface area contributed by atoms with Gasteiger partial charge in [0, 0.05) is 33.7 Å². The lowest BCUT2D eigenvalue weighted by Gasteiger charge is -2.46. The second-order valence-electron chi connectivity index (χ2n) is 16.5. The largest absolute Gasteiger partial charge is 0.497 e. The lowest BCUT2D eigenvalue weighted by molar-refractivity contribution is -0.137.